The number of methoxy groups -OCH3 is 1. The van der Waals surface area contributed by atoms with Crippen molar-refractivity contribution in [1.29, 1.82) is 0 Å². The van der Waals surface area contributed by atoms with Gasteiger partial charge >= 0.3 is 0 Å². The minimum Gasteiger partial charge on any atom is -0.493 e. The van der Waals surface area contributed by atoms with Crippen LogP contribution in [-0.2, 0) is 6.54 Å². The van der Waals surface area contributed by atoms with E-state index in [2.05, 4.69) is 32.0 Å². The third-order valence-electron chi connectivity index (χ3n) is 4.74. The van der Waals surface area contributed by atoms with Crippen molar-refractivity contribution >= 4 is 35.9 Å². The van der Waals surface area contributed by atoms with Crippen molar-refractivity contribution in [2.24, 2.45) is 4.99 Å². The normalized spacial score (nSPS) is 14.1. The maximum atomic E-state index is 8.94. The SMILES string of the molecule is CCNC(=NCc1ccc(OCCO)c(OC)c1)N1CCN(c2ncccn2)CC1.I. The van der Waals surface area contributed by atoms with Gasteiger partial charge in [0.25, 0.3) is 0 Å². The van der Waals surface area contributed by atoms with Crippen molar-refractivity contribution < 1.29 is 14.6 Å². The minimum atomic E-state index is -0.0368. The summed E-state index contributed by atoms with van der Waals surface area (Å²) in [5, 5.41) is 12.3. The average Bonchev–Trinajstić information content (AvgIpc) is 2.81. The van der Waals surface area contributed by atoms with Gasteiger partial charge in [-0.3, -0.25) is 0 Å². The van der Waals surface area contributed by atoms with Crippen LogP contribution >= 0.6 is 24.0 Å². The number of aliphatic hydroxyl groups is 1. The number of hydrogen-bond donors (Lipinski definition) is 2. The van der Waals surface area contributed by atoms with Crippen molar-refractivity contribution in [3.05, 3.63) is 42.2 Å². The van der Waals surface area contributed by atoms with Crippen molar-refractivity contribution in [2.75, 3.05) is 57.9 Å². The standard InChI is InChI=1S/C21H30N6O3.HI/c1-3-22-20(26-9-11-27(12-10-26)21-23-7-4-8-24-21)25-16-17-5-6-18(30-14-13-28)19(15-17)29-2;/h4-8,15,28H,3,9-14,16H2,1-2H3,(H,22,25);1H. The Morgan fingerprint density at radius 1 is 1.16 bits per heavy atom. The monoisotopic (exact) mass is 542 g/mol. The molecule has 1 aromatic heterocycles. The summed E-state index contributed by atoms with van der Waals surface area (Å²) < 4.78 is 10.9. The van der Waals surface area contributed by atoms with Gasteiger partial charge < -0.3 is 29.7 Å². The number of rotatable bonds is 8. The molecule has 1 aromatic carbocycles. The molecule has 1 fully saturated rings. The first-order valence-corrected chi connectivity index (χ1v) is 10.2. The molecule has 2 aromatic rings. The number of nitrogens with zero attached hydrogens (tertiary/aromatic N) is 5. The Bertz CT molecular complexity index is 816. The van der Waals surface area contributed by atoms with Crippen LogP contribution in [0.5, 0.6) is 11.5 Å². The fourth-order valence-electron chi connectivity index (χ4n) is 3.25. The van der Waals surface area contributed by atoms with Gasteiger partial charge in [-0.05, 0) is 30.7 Å². The van der Waals surface area contributed by atoms with E-state index in [0.29, 0.717) is 18.0 Å². The second-order valence-corrected chi connectivity index (χ2v) is 6.75. The summed E-state index contributed by atoms with van der Waals surface area (Å²) in [4.78, 5) is 18.0. The summed E-state index contributed by atoms with van der Waals surface area (Å²) in [7, 11) is 1.61. The Labute approximate surface area is 200 Å². The van der Waals surface area contributed by atoms with Crippen LogP contribution in [-0.4, -0.2) is 79.0 Å². The van der Waals surface area contributed by atoms with E-state index >= 15 is 0 Å². The van der Waals surface area contributed by atoms with Gasteiger partial charge in [-0.1, -0.05) is 6.07 Å². The number of ether oxygens (including phenoxy) is 2. The molecule has 10 heteroatoms. The molecular formula is C21H31IN6O3. The molecule has 2 heterocycles. The van der Waals surface area contributed by atoms with Gasteiger partial charge in [-0.15, -0.1) is 24.0 Å². The first-order valence-electron chi connectivity index (χ1n) is 10.2. The second-order valence-electron chi connectivity index (χ2n) is 6.75. The third-order valence-corrected chi connectivity index (χ3v) is 4.74. The zero-order valence-corrected chi connectivity index (χ0v) is 20.4. The lowest BCUT2D eigenvalue weighted by atomic mass is 10.2. The molecule has 0 bridgehead atoms. The molecule has 1 saturated heterocycles. The minimum absolute atomic E-state index is 0. The number of hydrogen-bond acceptors (Lipinski definition) is 7. The van der Waals surface area contributed by atoms with Gasteiger partial charge in [0, 0.05) is 45.1 Å². The molecule has 3 rings (SSSR count). The van der Waals surface area contributed by atoms with E-state index in [1.807, 2.05) is 24.3 Å². The summed E-state index contributed by atoms with van der Waals surface area (Å²) in [5.74, 6) is 2.92. The Kier molecular flexibility index (Phi) is 10.6. The molecule has 0 spiro atoms. The highest BCUT2D eigenvalue weighted by molar-refractivity contribution is 14.0. The van der Waals surface area contributed by atoms with Gasteiger partial charge in [0.1, 0.15) is 6.61 Å². The van der Waals surface area contributed by atoms with Gasteiger partial charge in [-0.25, -0.2) is 15.0 Å². The number of halogens is 1. The first kappa shape index (κ1) is 24.9. The topological polar surface area (TPSA) is 95.3 Å². The van der Waals surface area contributed by atoms with Gasteiger partial charge in [-0.2, -0.15) is 0 Å². The second kappa shape index (κ2) is 13.2. The molecule has 31 heavy (non-hydrogen) atoms. The summed E-state index contributed by atoms with van der Waals surface area (Å²) in [6.07, 6.45) is 3.54. The molecule has 2 N–H and O–H groups in total. The first-order chi connectivity index (χ1) is 14.7. The fourth-order valence-corrected chi connectivity index (χ4v) is 3.25. The molecule has 170 valence electrons. The molecular weight excluding hydrogens is 511 g/mol. The summed E-state index contributed by atoms with van der Waals surface area (Å²) >= 11 is 0. The Hall–Kier alpha value is -2.34. The van der Waals surface area contributed by atoms with Crippen LogP contribution in [0.15, 0.2) is 41.7 Å². The molecule has 0 amide bonds. The van der Waals surface area contributed by atoms with E-state index in [-0.39, 0.29) is 37.2 Å². The lowest BCUT2D eigenvalue weighted by Crippen LogP contribution is -2.52. The highest BCUT2D eigenvalue weighted by atomic mass is 127. The van der Waals surface area contributed by atoms with Crippen molar-refractivity contribution in [3.8, 4) is 11.5 Å². The van der Waals surface area contributed by atoms with E-state index < -0.39 is 0 Å². The molecule has 0 atom stereocenters. The lowest BCUT2D eigenvalue weighted by molar-refractivity contribution is 0.196. The van der Waals surface area contributed by atoms with Crippen LogP contribution in [0.4, 0.5) is 5.95 Å². The zero-order chi connectivity index (χ0) is 21.2. The smallest absolute Gasteiger partial charge is 0.225 e. The quantitative estimate of drug-likeness (QED) is 0.296. The molecule has 0 aliphatic carbocycles. The average molecular weight is 542 g/mol. The Morgan fingerprint density at radius 2 is 1.90 bits per heavy atom. The molecule has 1 aliphatic rings. The molecule has 0 radical (unpaired) electrons. The molecule has 9 nitrogen and oxygen atoms in total. The number of benzene rings is 1. The van der Waals surface area contributed by atoms with E-state index in [1.165, 1.54) is 0 Å². The number of aromatic nitrogens is 2. The number of guanidine groups is 1. The van der Waals surface area contributed by atoms with Crippen LogP contribution in [0.25, 0.3) is 0 Å². The van der Waals surface area contributed by atoms with Crippen molar-refractivity contribution in [1.82, 2.24) is 20.2 Å². The summed E-state index contributed by atoms with van der Waals surface area (Å²) in [6, 6.07) is 7.57. The maximum Gasteiger partial charge on any atom is 0.225 e. The largest absolute Gasteiger partial charge is 0.493 e. The fraction of sp³-hybridized carbons (Fsp3) is 0.476. The predicted octanol–water partition coefficient (Wildman–Crippen LogP) is 1.76. The molecule has 1 aliphatic heterocycles. The molecule has 0 unspecified atom stereocenters. The van der Waals surface area contributed by atoms with Crippen LogP contribution in [0, 0.1) is 0 Å². The van der Waals surface area contributed by atoms with E-state index in [1.54, 1.807) is 19.5 Å². The number of aliphatic hydroxyl groups excluding tert-OH is 1. The van der Waals surface area contributed by atoms with Crippen molar-refractivity contribution in [3.63, 3.8) is 0 Å². The van der Waals surface area contributed by atoms with Gasteiger partial charge in [0.05, 0.1) is 20.3 Å². The zero-order valence-electron chi connectivity index (χ0n) is 18.0. The third kappa shape index (κ3) is 7.10. The van der Waals surface area contributed by atoms with E-state index in [0.717, 1.165) is 50.2 Å². The highest BCUT2D eigenvalue weighted by Gasteiger charge is 2.21. The van der Waals surface area contributed by atoms with Crippen LogP contribution in [0.1, 0.15) is 12.5 Å². The van der Waals surface area contributed by atoms with Crippen LogP contribution < -0.4 is 19.7 Å². The van der Waals surface area contributed by atoms with Crippen molar-refractivity contribution in [2.45, 2.75) is 13.5 Å². The van der Waals surface area contributed by atoms with Gasteiger partial charge in [0.2, 0.25) is 5.95 Å². The van der Waals surface area contributed by atoms with Crippen LogP contribution in [0.2, 0.25) is 0 Å². The summed E-state index contributed by atoms with van der Waals surface area (Å²) in [6.45, 7) is 6.99. The Balaban J connectivity index is 0.00000341. The summed E-state index contributed by atoms with van der Waals surface area (Å²) in [5.41, 5.74) is 1.02. The molecule has 0 saturated carbocycles. The van der Waals surface area contributed by atoms with Crippen LogP contribution in [0.3, 0.4) is 0 Å². The van der Waals surface area contributed by atoms with E-state index in [9.17, 15) is 0 Å². The number of aliphatic imine (C=N–C) groups is 1. The predicted molar refractivity (Wildman–Crippen MR) is 132 cm³/mol. The highest BCUT2D eigenvalue weighted by Crippen LogP contribution is 2.28. The maximum absolute atomic E-state index is 8.94. The number of anilines is 1. The Morgan fingerprint density at radius 3 is 2.55 bits per heavy atom. The number of piperazine rings is 1. The van der Waals surface area contributed by atoms with Gasteiger partial charge in [0.15, 0.2) is 17.5 Å². The van der Waals surface area contributed by atoms with E-state index in [4.69, 9.17) is 19.6 Å². The lowest BCUT2D eigenvalue weighted by Gasteiger charge is -2.36. The number of nitrogens with one attached hydrogen (secondary N) is 1.